The highest BCUT2D eigenvalue weighted by Crippen LogP contribution is 2.09. The zero-order valence-corrected chi connectivity index (χ0v) is 14.0. The normalized spacial score (nSPS) is 10.6. The lowest BCUT2D eigenvalue weighted by Crippen LogP contribution is -1.83. The van der Waals surface area contributed by atoms with E-state index in [1.54, 1.807) is 0 Å². The molecule has 0 saturated carbocycles. The molecule has 0 spiro atoms. The molecule has 0 saturated heterocycles. The van der Waals surface area contributed by atoms with Gasteiger partial charge in [0.2, 0.25) is 0 Å². The minimum Gasteiger partial charge on any atom is -0.396 e. The van der Waals surface area contributed by atoms with Crippen molar-refractivity contribution in [1.82, 2.24) is 0 Å². The molecule has 3 nitrogen and oxygen atoms in total. The van der Waals surface area contributed by atoms with Crippen molar-refractivity contribution in [3.63, 3.8) is 0 Å². The SMILES string of the molecule is CCCCCCCCC=CCCCCCCCCO.O=O. The third-order valence-corrected chi connectivity index (χ3v) is 3.67. The lowest BCUT2D eigenvalue weighted by Gasteiger charge is -1.99. The number of hydrogen-bond acceptors (Lipinski definition) is 3. The molecule has 0 fully saturated rings. The fraction of sp³-hybridized carbons (Fsp3) is 0.889. The summed E-state index contributed by atoms with van der Waals surface area (Å²) < 4.78 is 0. The van der Waals surface area contributed by atoms with Crippen molar-refractivity contribution in [2.45, 2.75) is 96.8 Å². The van der Waals surface area contributed by atoms with Gasteiger partial charge in [-0.1, -0.05) is 76.9 Å². The molecule has 0 aromatic rings. The fourth-order valence-corrected chi connectivity index (χ4v) is 2.36. The number of unbranched alkanes of at least 4 members (excludes halogenated alkanes) is 12. The summed E-state index contributed by atoms with van der Waals surface area (Å²) in [6.07, 6.45) is 23.2. The zero-order valence-electron chi connectivity index (χ0n) is 14.0. The third-order valence-electron chi connectivity index (χ3n) is 3.67. The number of rotatable bonds is 15. The van der Waals surface area contributed by atoms with Crippen molar-refractivity contribution < 1.29 is 5.11 Å². The Bertz CT molecular complexity index is 193. The maximum absolute atomic E-state index is 8.66. The van der Waals surface area contributed by atoms with Crippen LogP contribution in [0.5, 0.6) is 0 Å². The van der Waals surface area contributed by atoms with Crippen LogP contribution in [0.3, 0.4) is 0 Å². The number of aliphatic hydroxyl groups excluding tert-OH is 1. The molecule has 3 heteroatoms. The second-order valence-corrected chi connectivity index (χ2v) is 5.66. The molecule has 0 aromatic heterocycles. The summed E-state index contributed by atoms with van der Waals surface area (Å²) in [5, 5.41) is 8.66. The highest BCUT2D eigenvalue weighted by Gasteiger charge is 1.90. The highest BCUT2D eigenvalue weighted by atomic mass is 16.7. The van der Waals surface area contributed by atoms with Crippen LogP contribution < -0.4 is 0 Å². The molecule has 126 valence electrons. The van der Waals surface area contributed by atoms with E-state index in [4.69, 9.17) is 15.0 Å². The first-order valence-corrected chi connectivity index (χ1v) is 8.84. The van der Waals surface area contributed by atoms with Crippen molar-refractivity contribution >= 4 is 0 Å². The maximum Gasteiger partial charge on any atom is 0.0431 e. The highest BCUT2D eigenvalue weighted by molar-refractivity contribution is 4.81. The van der Waals surface area contributed by atoms with Crippen LogP contribution in [0.2, 0.25) is 0 Å². The minimum atomic E-state index is 0.362. The van der Waals surface area contributed by atoms with E-state index in [-0.39, 0.29) is 0 Å². The molecule has 0 rings (SSSR count). The van der Waals surface area contributed by atoms with E-state index in [1.807, 2.05) is 0 Å². The lowest BCUT2D eigenvalue weighted by molar-refractivity contribution is 0.282. The van der Waals surface area contributed by atoms with Crippen molar-refractivity contribution in [1.29, 1.82) is 0 Å². The van der Waals surface area contributed by atoms with Crippen LogP contribution in [0, 0.1) is 9.93 Å². The van der Waals surface area contributed by atoms with Gasteiger partial charge < -0.3 is 5.11 Å². The van der Waals surface area contributed by atoms with Gasteiger partial charge >= 0.3 is 0 Å². The van der Waals surface area contributed by atoms with Gasteiger partial charge in [-0.25, -0.2) is 0 Å². The molecule has 0 aromatic carbocycles. The molecule has 21 heavy (non-hydrogen) atoms. The summed E-state index contributed by atoms with van der Waals surface area (Å²) in [7, 11) is 0. The van der Waals surface area contributed by atoms with Crippen LogP contribution in [-0.2, 0) is 0 Å². The zero-order chi connectivity index (χ0) is 16.0. The van der Waals surface area contributed by atoms with Gasteiger partial charge in [-0.05, 0) is 32.1 Å². The first-order valence-electron chi connectivity index (χ1n) is 8.84. The first-order chi connectivity index (χ1) is 10.4. The van der Waals surface area contributed by atoms with Gasteiger partial charge in [-0.15, -0.1) is 0 Å². The lowest BCUT2D eigenvalue weighted by atomic mass is 10.1. The largest absolute Gasteiger partial charge is 0.396 e. The van der Waals surface area contributed by atoms with Crippen LogP contribution in [0.1, 0.15) is 96.8 Å². The smallest absolute Gasteiger partial charge is 0.0431 e. The van der Waals surface area contributed by atoms with Crippen LogP contribution in [0.15, 0.2) is 12.2 Å². The fourth-order valence-electron chi connectivity index (χ4n) is 2.36. The molecular weight excluding hydrogens is 264 g/mol. The molecule has 0 radical (unpaired) electrons. The third kappa shape index (κ3) is 24.7. The second kappa shape index (κ2) is 24.3. The summed E-state index contributed by atoms with van der Waals surface area (Å²) in [4.78, 5) is 14.0. The van der Waals surface area contributed by atoms with Crippen molar-refractivity contribution in [2.75, 3.05) is 6.61 Å². The van der Waals surface area contributed by atoms with Gasteiger partial charge in [0.05, 0.1) is 0 Å². The maximum atomic E-state index is 8.66. The van der Waals surface area contributed by atoms with Gasteiger partial charge in [-0.3, -0.25) is 0 Å². The van der Waals surface area contributed by atoms with Gasteiger partial charge in [0.25, 0.3) is 0 Å². The molecule has 0 unspecified atom stereocenters. The Morgan fingerprint density at radius 1 is 0.619 bits per heavy atom. The summed E-state index contributed by atoms with van der Waals surface area (Å²) in [6.45, 7) is 2.64. The predicted molar refractivity (Wildman–Crippen MR) is 93.3 cm³/mol. The molecule has 0 heterocycles. The Hall–Kier alpha value is -0.700. The van der Waals surface area contributed by atoms with Crippen molar-refractivity contribution in [2.24, 2.45) is 0 Å². The van der Waals surface area contributed by atoms with Gasteiger partial charge in [0.15, 0.2) is 0 Å². The van der Waals surface area contributed by atoms with Crippen LogP contribution in [0.4, 0.5) is 0 Å². The number of aliphatic hydroxyl groups is 1. The van der Waals surface area contributed by atoms with E-state index >= 15 is 0 Å². The average molecular weight is 300 g/mol. The van der Waals surface area contributed by atoms with Gasteiger partial charge in [0, 0.05) is 16.5 Å². The van der Waals surface area contributed by atoms with E-state index < -0.39 is 0 Å². The average Bonchev–Trinajstić information content (AvgIpc) is 2.53. The minimum absolute atomic E-state index is 0.362. The summed E-state index contributed by atoms with van der Waals surface area (Å²) in [5.41, 5.74) is 0. The number of hydrogen-bond donors (Lipinski definition) is 1. The van der Waals surface area contributed by atoms with Crippen molar-refractivity contribution in [3.05, 3.63) is 22.1 Å². The summed E-state index contributed by atoms with van der Waals surface area (Å²) in [6, 6.07) is 0. The topological polar surface area (TPSA) is 54.4 Å². The Balaban J connectivity index is 0. The first kappa shape index (κ1) is 22.6. The van der Waals surface area contributed by atoms with Gasteiger partial charge in [0.1, 0.15) is 0 Å². The quantitative estimate of drug-likeness (QED) is 0.294. The molecule has 0 amide bonds. The second-order valence-electron chi connectivity index (χ2n) is 5.66. The summed E-state index contributed by atoms with van der Waals surface area (Å²) >= 11 is 0. The van der Waals surface area contributed by atoms with E-state index in [1.165, 1.54) is 83.5 Å². The Labute approximate surface area is 131 Å². The molecule has 0 aliphatic carbocycles. The Morgan fingerprint density at radius 2 is 1.00 bits per heavy atom. The molecule has 1 N–H and O–H groups in total. The predicted octanol–water partition coefficient (Wildman–Crippen LogP) is 6.08. The Morgan fingerprint density at radius 3 is 1.43 bits per heavy atom. The molecule has 0 aliphatic rings. The molecular formula is C18H36O3. The van der Waals surface area contributed by atoms with Gasteiger partial charge in [-0.2, -0.15) is 0 Å². The molecule has 0 aliphatic heterocycles. The van der Waals surface area contributed by atoms with Crippen LogP contribution >= 0.6 is 0 Å². The van der Waals surface area contributed by atoms with E-state index in [0.717, 1.165) is 6.42 Å². The molecule has 0 atom stereocenters. The van der Waals surface area contributed by atoms with Crippen LogP contribution in [0.25, 0.3) is 0 Å². The standard InChI is InChI=1S/C18H36O.O2/c1-2-3-4-5-6-7-8-9-10-11-12-13-14-15-16-17-18-19;1-2/h9-10,19H,2-8,11-18H2,1H3;. The van der Waals surface area contributed by atoms with E-state index in [9.17, 15) is 0 Å². The molecule has 0 bridgehead atoms. The van der Waals surface area contributed by atoms with E-state index in [2.05, 4.69) is 19.1 Å². The van der Waals surface area contributed by atoms with Crippen molar-refractivity contribution in [3.8, 4) is 0 Å². The van der Waals surface area contributed by atoms with Crippen LogP contribution in [-0.4, -0.2) is 11.7 Å². The number of allylic oxidation sites excluding steroid dienone is 2. The van der Waals surface area contributed by atoms with E-state index in [0.29, 0.717) is 6.61 Å². The Kier molecular flexibility index (Phi) is 26.2. The summed E-state index contributed by atoms with van der Waals surface area (Å²) in [5.74, 6) is 0. The monoisotopic (exact) mass is 300 g/mol.